The third-order valence-corrected chi connectivity index (χ3v) is 2.28. The molecule has 0 atom stereocenters. The molecule has 18 heavy (non-hydrogen) atoms. The first-order valence-electron chi connectivity index (χ1n) is 5.73. The third kappa shape index (κ3) is 3.13. The fourth-order valence-electron chi connectivity index (χ4n) is 1.49. The van der Waals surface area contributed by atoms with Crippen LogP contribution in [0.25, 0.3) is 11.3 Å². The molecule has 0 saturated heterocycles. The number of carbonyl (C=O) groups excluding carboxylic acids is 1. The molecule has 0 unspecified atom stereocenters. The van der Waals surface area contributed by atoms with Gasteiger partial charge in [0.25, 0.3) is 5.95 Å². The summed E-state index contributed by atoms with van der Waals surface area (Å²) in [7, 11) is 0. The summed E-state index contributed by atoms with van der Waals surface area (Å²) in [5, 5.41) is 0. The van der Waals surface area contributed by atoms with Gasteiger partial charge in [0.15, 0.2) is 6.61 Å². The van der Waals surface area contributed by atoms with Crippen molar-refractivity contribution in [1.29, 1.82) is 0 Å². The molecule has 0 saturated carbocycles. The minimum Gasteiger partial charge on any atom is -0.463 e. The SMILES string of the molecule is CCOC(=O)COc1ccc(-c2ccccc2)o1. The van der Waals surface area contributed by atoms with Gasteiger partial charge >= 0.3 is 5.97 Å². The van der Waals surface area contributed by atoms with E-state index in [9.17, 15) is 4.79 Å². The van der Waals surface area contributed by atoms with Crippen LogP contribution in [0.15, 0.2) is 46.9 Å². The summed E-state index contributed by atoms with van der Waals surface area (Å²) < 4.78 is 15.4. The Labute approximate surface area is 105 Å². The summed E-state index contributed by atoms with van der Waals surface area (Å²) in [5.74, 6) is 0.603. The molecule has 94 valence electrons. The normalized spacial score (nSPS) is 10.1. The molecule has 2 aromatic rings. The number of rotatable bonds is 5. The lowest BCUT2D eigenvalue weighted by atomic mass is 10.2. The van der Waals surface area contributed by atoms with Crippen LogP contribution in [0.5, 0.6) is 5.95 Å². The van der Waals surface area contributed by atoms with Gasteiger partial charge in [-0.2, -0.15) is 0 Å². The summed E-state index contributed by atoms with van der Waals surface area (Å²) in [4.78, 5) is 11.1. The fourth-order valence-corrected chi connectivity index (χ4v) is 1.49. The molecule has 0 amide bonds. The molecular formula is C14H14O4. The highest BCUT2D eigenvalue weighted by atomic mass is 16.6. The Hall–Kier alpha value is -2.23. The van der Waals surface area contributed by atoms with Gasteiger partial charge in [0.05, 0.1) is 6.61 Å². The molecule has 0 N–H and O–H groups in total. The van der Waals surface area contributed by atoms with Crippen LogP contribution in [-0.2, 0) is 9.53 Å². The van der Waals surface area contributed by atoms with Crippen LogP contribution in [0.2, 0.25) is 0 Å². The summed E-state index contributed by atoms with van der Waals surface area (Å²) in [6.45, 7) is 1.95. The lowest BCUT2D eigenvalue weighted by Crippen LogP contribution is -2.14. The van der Waals surface area contributed by atoms with E-state index in [2.05, 4.69) is 0 Å². The van der Waals surface area contributed by atoms with Gasteiger partial charge in [0, 0.05) is 11.6 Å². The van der Waals surface area contributed by atoms with Gasteiger partial charge in [0.1, 0.15) is 5.76 Å². The molecule has 0 fully saturated rings. The summed E-state index contributed by atoms with van der Waals surface area (Å²) in [6, 6.07) is 13.2. The van der Waals surface area contributed by atoms with Gasteiger partial charge in [-0.25, -0.2) is 4.79 Å². The monoisotopic (exact) mass is 246 g/mol. The van der Waals surface area contributed by atoms with E-state index in [0.717, 1.165) is 5.56 Å². The Morgan fingerprint density at radius 3 is 2.67 bits per heavy atom. The van der Waals surface area contributed by atoms with E-state index < -0.39 is 5.97 Å². The Morgan fingerprint density at radius 1 is 1.17 bits per heavy atom. The first-order chi connectivity index (χ1) is 8.79. The van der Waals surface area contributed by atoms with Crippen molar-refractivity contribution in [3.05, 3.63) is 42.5 Å². The molecule has 4 heteroatoms. The van der Waals surface area contributed by atoms with Crippen LogP contribution in [0.4, 0.5) is 0 Å². The fraction of sp³-hybridized carbons (Fsp3) is 0.214. The number of esters is 1. The second-order valence-electron chi connectivity index (χ2n) is 3.58. The molecule has 4 nitrogen and oxygen atoms in total. The number of ether oxygens (including phenoxy) is 2. The zero-order valence-corrected chi connectivity index (χ0v) is 10.1. The van der Waals surface area contributed by atoms with E-state index in [1.54, 1.807) is 19.1 Å². The summed E-state index contributed by atoms with van der Waals surface area (Å²) in [6.07, 6.45) is 0. The number of furan rings is 1. The van der Waals surface area contributed by atoms with Gasteiger partial charge in [0.2, 0.25) is 0 Å². The second kappa shape index (κ2) is 5.91. The quantitative estimate of drug-likeness (QED) is 0.761. The second-order valence-corrected chi connectivity index (χ2v) is 3.58. The van der Waals surface area contributed by atoms with E-state index >= 15 is 0 Å². The zero-order chi connectivity index (χ0) is 12.8. The lowest BCUT2D eigenvalue weighted by Gasteiger charge is -2.02. The minimum absolute atomic E-state index is 0.143. The van der Waals surface area contributed by atoms with E-state index in [1.165, 1.54) is 0 Å². The summed E-state index contributed by atoms with van der Waals surface area (Å²) in [5.41, 5.74) is 0.962. The van der Waals surface area contributed by atoms with Crippen LogP contribution in [0.1, 0.15) is 6.92 Å². The molecule has 1 aromatic heterocycles. The Kier molecular flexibility index (Phi) is 4.02. The van der Waals surface area contributed by atoms with Crippen molar-refractivity contribution >= 4 is 5.97 Å². The van der Waals surface area contributed by atoms with Crippen molar-refractivity contribution < 1.29 is 18.7 Å². The molecule has 1 aromatic carbocycles. The topological polar surface area (TPSA) is 48.7 Å². The van der Waals surface area contributed by atoms with E-state index in [4.69, 9.17) is 13.9 Å². The van der Waals surface area contributed by atoms with Crippen molar-refractivity contribution in [2.45, 2.75) is 6.92 Å². The molecule has 2 rings (SSSR count). The maximum Gasteiger partial charge on any atom is 0.344 e. The van der Waals surface area contributed by atoms with E-state index in [1.807, 2.05) is 30.3 Å². The van der Waals surface area contributed by atoms with Gasteiger partial charge in [-0.1, -0.05) is 30.3 Å². The number of hydrogen-bond acceptors (Lipinski definition) is 4. The highest BCUT2D eigenvalue weighted by molar-refractivity contribution is 5.71. The van der Waals surface area contributed by atoms with Crippen LogP contribution >= 0.6 is 0 Å². The van der Waals surface area contributed by atoms with Crippen LogP contribution in [0, 0.1) is 0 Å². The minimum atomic E-state index is -0.407. The largest absolute Gasteiger partial charge is 0.463 e. The third-order valence-electron chi connectivity index (χ3n) is 2.28. The first kappa shape index (κ1) is 12.2. The van der Waals surface area contributed by atoms with Crippen LogP contribution in [-0.4, -0.2) is 19.2 Å². The Bertz CT molecular complexity index is 502. The van der Waals surface area contributed by atoms with Crippen molar-refractivity contribution in [1.82, 2.24) is 0 Å². The maximum absolute atomic E-state index is 11.1. The molecule has 0 radical (unpaired) electrons. The Balaban J connectivity index is 1.97. The Morgan fingerprint density at radius 2 is 1.94 bits per heavy atom. The van der Waals surface area contributed by atoms with Crippen LogP contribution in [0.3, 0.4) is 0 Å². The van der Waals surface area contributed by atoms with Gasteiger partial charge < -0.3 is 13.9 Å². The molecular weight excluding hydrogens is 232 g/mol. The zero-order valence-electron chi connectivity index (χ0n) is 10.1. The number of benzene rings is 1. The standard InChI is InChI=1S/C14H14O4/c1-2-16-13(15)10-17-14-9-8-12(18-14)11-6-4-3-5-7-11/h3-9H,2,10H2,1H3. The van der Waals surface area contributed by atoms with Gasteiger partial charge in [-0.15, -0.1) is 0 Å². The number of hydrogen-bond donors (Lipinski definition) is 0. The molecule has 0 spiro atoms. The maximum atomic E-state index is 11.1. The van der Waals surface area contributed by atoms with Gasteiger partial charge in [-0.05, 0) is 13.0 Å². The molecule has 0 aliphatic rings. The van der Waals surface area contributed by atoms with Crippen LogP contribution < -0.4 is 4.74 Å². The molecule has 0 bridgehead atoms. The van der Waals surface area contributed by atoms with Crippen molar-refractivity contribution in [3.63, 3.8) is 0 Å². The first-order valence-corrected chi connectivity index (χ1v) is 5.73. The predicted molar refractivity (Wildman–Crippen MR) is 66.3 cm³/mol. The van der Waals surface area contributed by atoms with Crippen molar-refractivity contribution in [2.75, 3.05) is 13.2 Å². The van der Waals surface area contributed by atoms with E-state index in [-0.39, 0.29) is 6.61 Å². The highest BCUT2D eigenvalue weighted by Gasteiger charge is 2.07. The predicted octanol–water partition coefficient (Wildman–Crippen LogP) is 2.89. The smallest absolute Gasteiger partial charge is 0.344 e. The van der Waals surface area contributed by atoms with E-state index in [0.29, 0.717) is 18.3 Å². The van der Waals surface area contributed by atoms with Gasteiger partial charge in [-0.3, -0.25) is 0 Å². The molecule has 1 heterocycles. The van der Waals surface area contributed by atoms with Crippen molar-refractivity contribution in [2.24, 2.45) is 0 Å². The number of carbonyl (C=O) groups is 1. The average molecular weight is 246 g/mol. The van der Waals surface area contributed by atoms with Crippen molar-refractivity contribution in [3.8, 4) is 17.3 Å². The molecule has 0 aliphatic heterocycles. The lowest BCUT2D eigenvalue weighted by molar-refractivity contribution is -0.145. The molecule has 0 aliphatic carbocycles. The summed E-state index contributed by atoms with van der Waals surface area (Å²) >= 11 is 0. The average Bonchev–Trinajstić information content (AvgIpc) is 2.87. The highest BCUT2D eigenvalue weighted by Crippen LogP contribution is 2.25.